The number of carbonyl (C=O) groups is 1. The summed E-state index contributed by atoms with van der Waals surface area (Å²) in [6.45, 7) is 3.58. The molecule has 5 nitrogen and oxygen atoms in total. The molecule has 0 aliphatic rings. The summed E-state index contributed by atoms with van der Waals surface area (Å²) in [6.07, 6.45) is 1.25. The number of aromatic nitrogens is 2. The van der Waals surface area contributed by atoms with Gasteiger partial charge in [-0.05, 0) is 13.8 Å². The molecule has 0 aliphatic heterocycles. The Hall–Kier alpha value is -1.69. The molecular weight excluding hydrogens is 214 g/mol. The van der Waals surface area contributed by atoms with Crippen LogP contribution in [0.5, 0.6) is 0 Å². The van der Waals surface area contributed by atoms with Gasteiger partial charge in [0, 0.05) is 5.38 Å². The van der Waals surface area contributed by atoms with Gasteiger partial charge in [0.2, 0.25) is 5.76 Å². The van der Waals surface area contributed by atoms with Gasteiger partial charge in [0.1, 0.15) is 0 Å². The normalized spacial score (nSPS) is 10.3. The van der Waals surface area contributed by atoms with Crippen LogP contribution in [0.4, 0.5) is 5.13 Å². The summed E-state index contributed by atoms with van der Waals surface area (Å²) in [5, 5.41) is 5.07. The molecule has 2 aromatic heterocycles. The molecule has 0 atom stereocenters. The van der Waals surface area contributed by atoms with Crippen LogP contribution in [0.15, 0.2) is 16.2 Å². The standard InChI is InChI=1S/C9H9N3O2S/c1-5-3-15-9(11-5)12-8(13)7-6(2)10-4-14-7/h3-4H,1-2H3,(H,11,12,13). The minimum atomic E-state index is -0.320. The number of rotatable bonds is 2. The first-order valence-electron chi connectivity index (χ1n) is 4.30. The van der Waals surface area contributed by atoms with Gasteiger partial charge >= 0.3 is 0 Å². The minimum absolute atomic E-state index is 0.225. The van der Waals surface area contributed by atoms with Crippen molar-refractivity contribution in [3.63, 3.8) is 0 Å². The number of hydrogen-bond donors (Lipinski definition) is 1. The summed E-state index contributed by atoms with van der Waals surface area (Å²) < 4.78 is 4.96. The van der Waals surface area contributed by atoms with E-state index in [9.17, 15) is 4.79 Å². The lowest BCUT2D eigenvalue weighted by Crippen LogP contribution is -2.12. The number of nitrogens with one attached hydrogen (secondary N) is 1. The van der Waals surface area contributed by atoms with E-state index in [2.05, 4.69) is 15.3 Å². The topological polar surface area (TPSA) is 68.0 Å². The number of nitrogens with zero attached hydrogens (tertiary/aromatic N) is 2. The third kappa shape index (κ3) is 2.04. The molecule has 1 amide bonds. The van der Waals surface area contributed by atoms with Gasteiger partial charge in [-0.2, -0.15) is 0 Å². The van der Waals surface area contributed by atoms with Gasteiger partial charge in [-0.15, -0.1) is 11.3 Å². The van der Waals surface area contributed by atoms with Crippen molar-refractivity contribution in [3.8, 4) is 0 Å². The largest absolute Gasteiger partial charge is 0.438 e. The molecule has 0 saturated carbocycles. The Morgan fingerprint density at radius 1 is 1.53 bits per heavy atom. The van der Waals surface area contributed by atoms with Crippen molar-refractivity contribution in [1.29, 1.82) is 0 Å². The lowest BCUT2D eigenvalue weighted by molar-refractivity contribution is 0.0996. The lowest BCUT2D eigenvalue weighted by Gasteiger charge is -1.97. The van der Waals surface area contributed by atoms with Crippen LogP contribution in [-0.4, -0.2) is 15.9 Å². The second-order valence-electron chi connectivity index (χ2n) is 3.02. The average Bonchev–Trinajstić information content (AvgIpc) is 2.75. The maximum atomic E-state index is 11.6. The van der Waals surface area contributed by atoms with E-state index in [1.807, 2.05) is 12.3 Å². The highest BCUT2D eigenvalue weighted by molar-refractivity contribution is 7.13. The Kier molecular flexibility index (Phi) is 2.51. The molecule has 0 aliphatic carbocycles. The Labute approximate surface area is 90.2 Å². The smallest absolute Gasteiger partial charge is 0.295 e. The van der Waals surface area contributed by atoms with Crippen molar-refractivity contribution in [1.82, 2.24) is 9.97 Å². The monoisotopic (exact) mass is 223 g/mol. The van der Waals surface area contributed by atoms with Crippen LogP contribution < -0.4 is 5.32 Å². The van der Waals surface area contributed by atoms with Crippen LogP contribution >= 0.6 is 11.3 Å². The highest BCUT2D eigenvalue weighted by atomic mass is 32.1. The quantitative estimate of drug-likeness (QED) is 0.845. The molecule has 2 aromatic rings. The summed E-state index contributed by atoms with van der Waals surface area (Å²) in [6, 6.07) is 0. The Balaban J connectivity index is 2.14. The highest BCUT2D eigenvalue weighted by Crippen LogP contribution is 2.16. The van der Waals surface area contributed by atoms with Gasteiger partial charge in [-0.1, -0.05) is 0 Å². The van der Waals surface area contributed by atoms with Gasteiger partial charge in [0.25, 0.3) is 5.91 Å². The van der Waals surface area contributed by atoms with Crippen molar-refractivity contribution in [2.24, 2.45) is 0 Å². The van der Waals surface area contributed by atoms with Crippen LogP contribution in [0.2, 0.25) is 0 Å². The van der Waals surface area contributed by atoms with Crippen LogP contribution in [0.25, 0.3) is 0 Å². The van der Waals surface area contributed by atoms with E-state index in [-0.39, 0.29) is 11.7 Å². The summed E-state index contributed by atoms with van der Waals surface area (Å²) in [4.78, 5) is 19.6. The maximum absolute atomic E-state index is 11.6. The van der Waals surface area contributed by atoms with Gasteiger partial charge in [0.15, 0.2) is 11.5 Å². The second-order valence-corrected chi connectivity index (χ2v) is 3.87. The zero-order valence-electron chi connectivity index (χ0n) is 8.27. The second kappa shape index (κ2) is 3.82. The summed E-state index contributed by atoms with van der Waals surface area (Å²) in [7, 11) is 0. The highest BCUT2D eigenvalue weighted by Gasteiger charge is 2.14. The molecule has 6 heteroatoms. The number of anilines is 1. The van der Waals surface area contributed by atoms with Crippen molar-refractivity contribution in [2.45, 2.75) is 13.8 Å². The van der Waals surface area contributed by atoms with Crippen molar-refractivity contribution < 1.29 is 9.21 Å². The average molecular weight is 223 g/mol. The first-order valence-corrected chi connectivity index (χ1v) is 5.18. The molecule has 0 spiro atoms. The van der Waals surface area contributed by atoms with Gasteiger partial charge in [-0.25, -0.2) is 9.97 Å². The Morgan fingerprint density at radius 3 is 2.87 bits per heavy atom. The molecule has 78 valence electrons. The number of thiazole rings is 1. The van der Waals surface area contributed by atoms with Crippen LogP contribution in [0, 0.1) is 13.8 Å². The van der Waals surface area contributed by atoms with E-state index >= 15 is 0 Å². The van der Waals surface area contributed by atoms with Crippen molar-refractivity contribution in [3.05, 3.63) is 28.9 Å². The fourth-order valence-corrected chi connectivity index (χ4v) is 1.77. The molecule has 0 radical (unpaired) electrons. The fraction of sp³-hybridized carbons (Fsp3) is 0.222. The van der Waals surface area contributed by atoms with Crippen LogP contribution in [0.3, 0.4) is 0 Å². The molecule has 0 fully saturated rings. The molecule has 0 saturated heterocycles. The molecule has 1 N–H and O–H groups in total. The van der Waals surface area contributed by atoms with Crippen molar-refractivity contribution in [2.75, 3.05) is 5.32 Å². The third-order valence-electron chi connectivity index (χ3n) is 1.79. The van der Waals surface area contributed by atoms with Gasteiger partial charge in [0.05, 0.1) is 11.4 Å². The van der Waals surface area contributed by atoms with Crippen LogP contribution in [-0.2, 0) is 0 Å². The third-order valence-corrected chi connectivity index (χ3v) is 2.67. The van der Waals surface area contributed by atoms with Gasteiger partial charge in [-0.3, -0.25) is 10.1 Å². The molecule has 2 rings (SSSR count). The maximum Gasteiger partial charge on any atom is 0.295 e. The number of hydrogen-bond acceptors (Lipinski definition) is 5. The lowest BCUT2D eigenvalue weighted by atomic mass is 10.3. The molecule has 0 unspecified atom stereocenters. The predicted octanol–water partition coefficient (Wildman–Crippen LogP) is 2.00. The van der Waals surface area contributed by atoms with Crippen molar-refractivity contribution >= 4 is 22.4 Å². The first kappa shape index (κ1) is 9.85. The van der Waals surface area contributed by atoms with Crippen LogP contribution in [0.1, 0.15) is 21.9 Å². The minimum Gasteiger partial charge on any atom is -0.438 e. The molecular formula is C9H9N3O2S. The molecule has 0 aromatic carbocycles. The SMILES string of the molecule is Cc1csc(NC(=O)c2ocnc2C)n1. The Morgan fingerprint density at radius 2 is 2.33 bits per heavy atom. The summed E-state index contributed by atoms with van der Waals surface area (Å²) >= 11 is 1.38. The van der Waals surface area contributed by atoms with Gasteiger partial charge < -0.3 is 4.42 Å². The zero-order chi connectivity index (χ0) is 10.8. The number of aryl methyl sites for hydroxylation is 2. The van der Waals surface area contributed by atoms with E-state index in [1.54, 1.807) is 6.92 Å². The fourth-order valence-electron chi connectivity index (χ4n) is 1.09. The van der Waals surface area contributed by atoms with E-state index in [4.69, 9.17) is 4.42 Å². The number of amides is 1. The van der Waals surface area contributed by atoms with E-state index in [1.165, 1.54) is 17.7 Å². The first-order chi connectivity index (χ1) is 7.16. The molecule has 0 bridgehead atoms. The predicted molar refractivity (Wildman–Crippen MR) is 56.0 cm³/mol. The molecule has 15 heavy (non-hydrogen) atoms. The number of carbonyl (C=O) groups excluding carboxylic acids is 1. The summed E-state index contributed by atoms with van der Waals surface area (Å²) in [5.74, 6) is -0.0952. The Bertz CT molecular complexity index is 489. The summed E-state index contributed by atoms with van der Waals surface area (Å²) in [5.41, 5.74) is 1.45. The molecule has 2 heterocycles. The number of oxazole rings is 1. The van der Waals surface area contributed by atoms with E-state index < -0.39 is 0 Å². The van der Waals surface area contributed by atoms with E-state index in [0.717, 1.165) is 5.69 Å². The zero-order valence-corrected chi connectivity index (χ0v) is 9.09. The van der Waals surface area contributed by atoms with E-state index in [0.29, 0.717) is 10.8 Å².